The summed E-state index contributed by atoms with van der Waals surface area (Å²) in [4.78, 5) is 4.06. The first kappa shape index (κ1) is 15.9. The van der Waals surface area contributed by atoms with Gasteiger partial charge in [0.1, 0.15) is 0 Å². The minimum atomic E-state index is -3.35. The zero-order valence-electron chi connectivity index (χ0n) is 12.3. The van der Waals surface area contributed by atoms with Crippen LogP contribution in [0.2, 0.25) is 0 Å². The molecule has 1 aliphatic rings. The van der Waals surface area contributed by atoms with Crippen molar-refractivity contribution in [3.05, 3.63) is 11.2 Å². The highest BCUT2D eigenvalue weighted by Gasteiger charge is 2.31. The second-order valence-electron chi connectivity index (χ2n) is 5.63. The lowest BCUT2D eigenvalue weighted by atomic mass is 9.99. The molecule has 1 saturated heterocycles. The van der Waals surface area contributed by atoms with E-state index in [4.69, 9.17) is 0 Å². The number of nitrogens with one attached hydrogen (secondary N) is 1. The number of hydrogen-bond acceptors (Lipinski definition) is 5. The van der Waals surface area contributed by atoms with Crippen LogP contribution in [0.1, 0.15) is 31.7 Å². The topological polar surface area (TPSA) is 62.3 Å². The summed E-state index contributed by atoms with van der Waals surface area (Å²) in [5.74, 6) is 0.398. The molecule has 0 spiro atoms. The van der Waals surface area contributed by atoms with E-state index in [9.17, 15) is 8.42 Å². The van der Waals surface area contributed by atoms with Crippen molar-refractivity contribution in [3.8, 4) is 0 Å². The molecule has 7 heteroatoms. The molecule has 5 nitrogen and oxygen atoms in total. The predicted octanol–water partition coefficient (Wildman–Crippen LogP) is 1.85. The third kappa shape index (κ3) is 3.78. The van der Waals surface area contributed by atoms with Gasteiger partial charge in [-0.05, 0) is 32.2 Å². The summed E-state index contributed by atoms with van der Waals surface area (Å²) in [6.07, 6.45) is 3.50. The first-order valence-electron chi connectivity index (χ1n) is 7.05. The number of aromatic nitrogens is 1. The number of piperidine rings is 1. The maximum atomic E-state index is 12.6. The molecule has 2 heterocycles. The molecule has 1 aliphatic heterocycles. The lowest BCUT2D eigenvalue weighted by Gasteiger charge is -2.32. The van der Waals surface area contributed by atoms with Crippen molar-refractivity contribution in [1.29, 1.82) is 0 Å². The minimum Gasteiger partial charge on any atom is -0.314 e. The molecule has 1 aromatic rings. The van der Waals surface area contributed by atoms with Gasteiger partial charge in [0.15, 0.2) is 4.21 Å². The van der Waals surface area contributed by atoms with E-state index in [0.29, 0.717) is 29.3 Å². The lowest BCUT2D eigenvalue weighted by Crippen LogP contribution is -2.43. The fourth-order valence-electron chi connectivity index (χ4n) is 2.40. The van der Waals surface area contributed by atoms with Crippen LogP contribution in [0.25, 0.3) is 0 Å². The largest absolute Gasteiger partial charge is 0.314 e. The molecule has 0 saturated carbocycles. The molecule has 1 fully saturated rings. The summed E-state index contributed by atoms with van der Waals surface area (Å²) in [6, 6.07) is 0.436. The number of hydrogen-bond donors (Lipinski definition) is 1. The van der Waals surface area contributed by atoms with Gasteiger partial charge in [0, 0.05) is 19.1 Å². The normalized spacial score (nSPS) is 21.5. The Morgan fingerprint density at radius 1 is 1.55 bits per heavy atom. The third-order valence-electron chi connectivity index (χ3n) is 3.49. The summed E-state index contributed by atoms with van der Waals surface area (Å²) in [5.41, 5.74) is 0. The van der Waals surface area contributed by atoms with Crippen molar-refractivity contribution in [2.24, 2.45) is 5.92 Å². The molecule has 0 radical (unpaired) electrons. The van der Waals surface area contributed by atoms with Crippen LogP contribution in [-0.2, 0) is 10.0 Å². The zero-order valence-corrected chi connectivity index (χ0v) is 13.9. The molecular formula is C13H23N3O2S2. The van der Waals surface area contributed by atoms with Crippen molar-refractivity contribution >= 4 is 21.4 Å². The molecule has 1 unspecified atom stereocenters. The highest BCUT2D eigenvalue weighted by atomic mass is 32.2. The summed E-state index contributed by atoms with van der Waals surface area (Å²) < 4.78 is 27.1. The van der Waals surface area contributed by atoms with Crippen LogP contribution in [0.3, 0.4) is 0 Å². The molecule has 0 bridgehead atoms. The predicted molar refractivity (Wildman–Crippen MR) is 81.5 cm³/mol. The van der Waals surface area contributed by atoms with E-state index < -0.39 is 10.0 Å². The minimum absolute atomic E-state index is 0.368. The van der Waals surface area contributed by atoms with E-state index in [2.05, 4.69) is 24.1 Å². The highest BCUT2D eigenvalue weighted by molar-refractivity contribution is 7.91. The standard InChI is InChI=1S/C13H23N3O2S2/c1-10(2)14-7-12-5-4-6-16(9-12)20(17,18)13-8-15-11(3)19-13/h8,10,12,14H,4-7,9H2,1-3H3. The maximum Gasteiger partial charge on any atom is 0.254 e. The van der Waals surface area contributed by atoms with Crippen LogP contribution in [0.5, 0.6) is 0 Å². The molecule has 0 aliphatic carbocycles. The Bertz CT molecular complexity index is 540. The van der Waals surface area contributed by atoms with Crippen LogP contribution >= 0.6 is 11.3 Å². The van der Waals surface area contributed by atoms with Crippen LogP contribution in [0, 0.1) is 12.8 Å². The number of rotatable bonds is 5. The SMILES string of the molecule is Cc1ncc(S(=O)(=O)N2CCCC(CNC(C)C)C2)s1. The van der Waals surface area contributed by atoms with Gasteiger partial charge in [0.2, 0.25) is 0 Å². The molecule has 1 aromatic heterocycles. The van der Waals surface area contributed by atoms with Crippen molar-refractivity contribution in [2.75, 3.05) is 19.6 Å². The van der Waals surface area contributed by atoms with Gasteiger partial charge in [-0.2, -0.15) is 4.31 Å². The average molecular weight is 317 g/mol. The number of thiazole rings is 1. The lowest BCUT2D eigenvalue weighted by molar-refractivity contribution is 0.257. The van der Waals surface area contributed by atoms with E-state index in [1.807, 2.05) is 6.92 Å². The third-order valence-corrected chi connectivity index (χ3v) is 6.71. The second-order valence-corrected chi connectivity index (χ2v) is 9.03. The molecular weight excluding hydrogens is 294 g/mol. The second kappa shape index (κ2) is 6.51. The molecule has 0 aromatic carbocycles. The van der Waals surface area contributed by atoms with Gasteiger partial charge in [-0.25, -0.2) is 13.4 Å². The Morgan fingerprint density at radius 2 is 2.30 bits per heavy atom. The van der Waals surface area contributed by atoms with E-state index in [1.165, 1.54) is 17.5 Å². The average Bonchev–Trinajstić information content (AvgIpc) is 2.84. The Labute approximate surface area is 125 Å². The summed E-state index contributed by atoms with van der Waals surface area (Å²) in [7, 11) is -3.35. The van der Waals surface area contributed by atoms with Crippen LogP contribution in [-0.4, -0.2) is 43.4 Å². The molecule has 2 rings (SSSR count). The summed E-state index contributed by atoms with van der Waals surface area (Å²) in [5, 5.41) is 4.19. The molecule has 0 amide bonds. The van der Waals surface area contributed by atoms with E-state index in [0.717, 1.165) is 24.4 Å². The number of nitrogens with zero attached hydrogens (tertiary/aromatic N) is 2. The Balaban J connectivity index is 2.04. The Kier molecular flexibility index (Phi) is 5.17. The van der Waals surface area contributed by atoms with Crippen molar-refractivity contribution in [3.63, 3.8) is 0 Å². The highest BCUT2D eigenvalue weighted by Crippen LogP contribution is 2.26. The van der Waals surface area contributed by atoms with Gasteiger partial charge in [-0.1, -0.05) is 13.8 Å². The molecule has 20 heavy (non-hydrogen) atoms. The quantitative estimate of drug-likeness (QED) is 0.900. The maximum absolute atomic E-state index is 12.6. The Morgan fingerprint density at radius 3 is 2.90 bits per heavy atom. The smallest absolute Gasteiger partial charge is 0.254 e. The first-order valence-corrected chi connectivity index (χ1v) is 9.31. The van der Waals surface area contributed by atoms with E-state index in [1.54, 1.807) is 4.31 Å². The van der Waals surface area contributed by atoms with Crippen molar-refractivity contribution in [1.82, 2.24) is 14.6 Å². The van der Waals surface area contributed by atoms with Gasteiger partial charge < -0.3 is 5.32 Å². The monoisotopic (exact) mass is 317 g/mol. The molecule has 1 atom stereocenters. The van der Waals surface area contributed by atoms with Crippen LogP contribution < -0.4 is 5.32 Å². The summed E-state index contributed by atoms with van der Waals surface area (Å²) >= 11 is 1.25. The Hall–Kier alpha value is -0.500. The zero-order chi connectivity index (χ0) is 14.8. The molecule has 114 valence electrons. The van der Waals surface area contributed by atoms with Crippen molar-refractivity contribution in [2.45, 2.75) is 43.9 Å². The van der Waals surface area contributed by atoms with Gasteiger partial charge in [-0.3, -0.25) is 0 Å². The number of aryl methyl sites for hydroxylation is 1. The number of sulfonamides is 1. The van der Waals surface area contributed by atoms with Crippen LogP contribution in [0.4, 0.5) is 0 Å². The van der Waals surface area contributed by atoms with Gasteiger partial charge >= 0.3 is 0 Å². The van der Waals surface area contributed by atoms with E-state index >= 15 is 0 Å². The fourth-order valence-corrected chi connectivity index (χ4v) is 5.22. The van der Waals surface area contributed by atoms with Gasteiger partial charge in [0.25, 0.3) is 10.0 Å². The van der Waals surface area contributed by atoms with E-state index in [-0.39, 0.29) is 0 Å². The summed E-state index contributed by atoms with van der Waals surface area (Å²) in [6.45, 7) is 8.16. The first-order chi connectivity index (χ1) is 9.39. The molecule has 1 N–H and O–H groups in total. The fraction of sp³-hybridized carbons (Fsp3) is 0.769. The van der Waals surface area contributed by atoms with Gasteiger partial charge in [-0.15, -0.1) is 11.3 Å². The van der Waals surface area contributed by atoms with Gasteiger partial charge in [0.05, 0.1) is 11.2 Å². The van der Waals surface area contributed by atoms with Crippen LogP contribution in [0.15, 0.2) is 10.4 Å². The van der Waals surface area contributed by atoms with Crippen molar-refractivity contribution < 1.29 is 8.42 Å².